The summed E-state index contributed by atoms with van der Waals surface area (Å²) in [6, 6.07) is 8.24. The van der Waals surface area contributed by atoms with Crippen molar-refractivity contribution in [2.24, 2.45) is 0 Å². The maximum absolute atomic E-state index is 12.7. The molecule has 0 atom stereocenters. The van der Waals surface area contributed by atoms with Gasteiger partial charge in [0, 0.05) is 6.54 Å². The Morgan fingerprint density at radius 1 is 1.35 bits per heavy atom. The number of fused-ring (bicyclic) bond motifs is 2. The third-order valence-corrected chi connectivity index (χ3v) is 5.42. The highest BCUT2D eigenvalue weighted by atomic mass is 32.1. The molecule has 4 nitrogen and oxygen atoms in total. The second-order valence-electron chi connectivity index (χ2n) is 6.53. The van der Waals surface area contributed by atoms with Crippen LogP contribution in [0.1, 0.15) is 32.8 Å². The minimum absolute atomic E-state index is 0.181. The molecule has 1 aliphatic rings. The molecule has 4 rings (SSSR count). The summed E-state index contributed by atoms with van der Waals surface area (Å²) in [5.74, 6) is 1.07. The fourth-order valence-corrected chi connectivity index (χ4v) is 3.98. The third kappa shape index (κ3) is 2.03. The van der Waals surface area contributed by atoms with Crippen molar-refractivity contribution >= 4 is 34.0 Å². The van der Waals surface area contributed by atoms with Gasteiger partial charge in [-0.25, -0.2) is 4.98 Å². The Labute approximate surface area is 139 Å². The van der Waals surface area contributed by atoms with Gasteiger partial charge in [-0.05, 0) is 49.4 Å². The molecule has 5 heteroatoms. The molecule has 0 saturated carbocycles. The second-order valence-corrected chi connectivity index (χ2v) is 7.48. The Morgan fingerprint density at radius 2 is 2.17 bits per heavy atom. The van der Waals surface area contributed by atoms with E-state index in [4.69, 9.17) is 4.98 Å². The normalized spacial score (nSPS) is 16.3. The van der Waals surface area contributed by atoms with Crippen LogP contribution in [-0.4, -0.2) is 22.4 Å². The lowest BCUT2D eigenvalue weighted by atomic mass is 9.86. The monoisotopic (exact) mass is 325 g/mol. The van der Waals surface area contributed by atoms with E-state index in [1.54, 1.807) is 11.3 Å². The quantitative estimate of drug-likeness (QED) is 0.779. The number of rotatable bonds is 3. The van der Waals surface area contributed by atoms with E-state index in [1.165, 1.54) is 0 Å². The van der Waals surface area contributed by atoms with E-state index in [9.17, 15) is 4.79 Å². The van der Waals surface area contributed by atoms with Crippen LogP contribution in [-0.2, 0) is 10.2 Å². The summed E-state index contributed by atoms with van der Waals surface area (Å²) in [7, 11) is 0. The van der Waals surface area contributed by atoms with Gasteiger partial charge in [0.2, 0.25) is 5.91 Å². The van der Waals surface area contributed by atoms with Crippen molar-refractivity contribution in [3.05, 3.63) is 35.2 Å². The summed E-state index contributed by atoms with van der Waals surface area (Å²) in [5.41, 5.74) is 3.53. The van der Waals surface area contributed by atoms with Crippen LogP contribution in [0, 0.1) is 0 Å². The molecule has 1 N–H and O–H groups in total. The van der Waals surface area contributed by atoms with Crippen molar-refractivity contribution in [2.45, 2.75) is 32.6 Å². The van der Waals surface area contributed by atoms with Gasteiger partial charge >= 0.3 is 0 Å². The molecule has 1 aromatic carbocycles. The zero-order valence-electron chi connectivity index (χ0n) is 13.5. The summed E-state index contributed by atoms with van der Waals surface area (Å²) in [6.45, 7) is 6.86. The average Bonchev–Trinajstić information content (AvgIpc) is 3.21. The van der Waals surface area contributed by atoms with Crippen LogP contribution in [0.3, 0.4) is 0 Å². The molecule has 3 heterocycles. The number of aromatic amines is 1. The van der Waals surface area contributed by atoms with Crippen molar-refractivity contribution in [2.75, 3.05) is 11.4 Å². The number of anilines is 1. The molecule has 0 spiro atoms. The van der Waals surface area contributed by atoms with Gasteiger partial charge in [0.25, 0.3) is 0 Å². The van der Waals surface area contributed by atoms with Crippen molar-refractivity contribution in [1.82, 2.24) is 9.97 Å². The van der Waals surface area contributed by atoms with E-state index in [0.29, 0.717) is 0 Å². The van der Waals surface area contributed by atoms with Gasteiger partial charge in [0.15, 0.2) is 0 Å². The zero-order valence-corrected chi connectivity index (χ0v) is 14.3. The first kappa shape index (κ1) is 14.5. The molecule has 0 radical (unpaired) electrons. The van der Waals surface area contributed by atoms with Crippen LogP contribution in [0.4, 0.5) is 5.69 Å². The Hall–Kier alpha value is -2.14. The lowest BCUT2D eigenvalue weighted by molar-refractivity contribution is -0.122. The fourth-order valence-electron chi connectivity index (χ4n) is 3.31. The molecule has 23 heavy (non-hydrogen) atoms. The van der Waals surface area contributed by atoms with Gasteiger partial charge < -0.3 is 9.88 Å². The Bertz CT molecular complexity index is 893. The SMILES string of the molecule is CCCN1C(=O)C(C)(C)c2cc3[nH]c(-c4cccs4)nc3cc21. The van der Waals surface area contributed by atoms with Crippen molar-refractivity contribution in [3.63, 3.8) is 0 Å². The van der Waals surface area contributed by atoms with E-state index in [-0.39, 0.29) is 5.91 Å². The molecule has 2 aromatic heterocycles. The van der Waals surface area contributed by atoms with Gasteiger partial charge in [0.05, 0.1) is 27.0 Å². The van der Waals surface area contributed by atoms with Gasteiger partial charge in [0.1, 0.15) is 5.82 Å². The number of H-pyrrole nitrogens is 1. The molecule has 3 aromatic rings. The van der Waals surface area contributed by atoms with Crippen LogP contribution in [0.15, 0.2) is 29.6 Å². The summed E-state index contributed by atoms with van der Waals surface area (Å²) in [5, 5.41) is 2.05. The van der Waals surface area contributed by atoms with Gasteiger partial charge in [-0.15, -0.1) is 11.3 Å². The van der Waals surface area contributed by atoms with Crippen LogP contribution in [0.2, 0.25) is 0 Å². The van der Waals surface area contributed by atoms with E-state index < -0.39 is 5.41 Å². The number of hydrogen-bond acceptors (Lipinski definition) is 3. The predicted octanol–water partition coefficient (Wildman–Crippen LogP) is 4.33. The topological polar surface area (TPSA) is 49.0 Å². The molecule has 0 fully saturated rings. The number of nitrogens with one attached hydrogen (secondary N) is 1. The minimum Gasteiger partial charge on any atom is -0.337 e. The maximum atomic E-state index is 12.7. The number of aromatic nitrogens is 2. The number of nitrogens with zero attached hydrogens (tertiary/aromatic N) is 2. The number of carbonyl (C=O) groups is 1. The van der Waals surface area contributed by atoms with Crippen LogP contribution in [0.25, 0.3) is 21.7 Å². The van der Waals surface area contributed by atoms with Gasteiger partial charge in [-0.3, -0.25) is 4.79 Å². The molecule has 0 aliphatic carbocycles. The lowest BCUT2D eigenvalue weighted by Gasteiger charge is -2.19. The molecular weight excluding hydrogens is 306 g/mol. The van der Waals surface area contributed by atoms with Crippen LogP contribution >= 0.6 is 11.3 Å². The van der Waals surface area contributed by atoms with Crippen molar-refractivity contribution in [1.29, 1.82) is 0 Å². The number of amides is 1. The molecule has 118 valence electrons. The smallest absolute Gasteiger partial charge is 0.237 e. The Morgan fingerprint density at radius 3 is 2.87 bits per heavy atom. The van der Waals surface area contributed by atoms with E-state index in [0.717, 1.165) is 46.0 Å². The summed E-state index contributed by atoms with van der Waals surface area (Å²) >= 11 is 1.67. The number of benzene rings is 1. The van der Waals surface area contributed by atoms with E-state index >= 15 is 0 Å². The van der Waals surface area contributed by atoms with Crippen molar-refractivity contribution in [3.8, 4) is 10.7 Å². The summed E-state index contributed by atoms with van der Waals surface area (Å²) in [4.78, 5) is 23.9. The van der Waals surface area contributed by atoms with Gasteiger partial charge in [-0.1, -0.05) is 13.0 Å². The number of thiophene rings is 1. The van der Waals surface area contributed by atoms with Gasteiger partial charge in [-0.2, -0.15) is 0 Å². The minimum atomic E-state index is -0.479. The highest BCUT2D eigenvalue weighted by molar-refractivity contribution is 7.13. The summed E-state index contributed by atoms with van der Waals surface area (Å²) in [6.07, 6.45) is 0.945. The molecule has 1 aliphatic heterocycles. The first-order chi connectivity index (χ1) is 11.0. The van der Waals surface area contributed by atoms with Crippen molar-refractivity contribution < 1.29 is 4.79 Å². The molecule has 0 bridgehead atoms. The third-order valence-electron chi connectivity index (χ3n) is 4.55. The molecule has 1 amide bonds. The lowest BCUT2D eigenvalue weighted by Crippen LogP contribution is -2.36. The predicted molar refractivity (Wildman–Crippen MR) is 95.1 cm³/mol. The standard InChI is InChI=1S/C18H19N3OS/c1-4-7-21-14-10-13-12(9-11(14)18(2,3)17(21)22)19-16(20-13)15-6-5-8-23-15/h5-6,8-10H,4,7H2,1-3H3,(H,19,20). The van der Waals surface area contributed by atoms with Crippen LogP contribution < -0.4 is 4.90 Å². The molecule has 0 saturated heterocycles. The second kappa shape index (κ2) is 4.93. The average molecular weight is 325 g/mol. The Kier molecular flexibility index (Phi) is 3.10. The largest absolute Gasteiger partial charge is 0.337 e. The van der Waals surface area contributed by atoms with Crippen LogP contribution in [0.5, 0.6) is 0 Å². The first-order valence-electron chi connectivity index (χ1n) is 7.92. The number of imidazole rings is 1. The fraction of sp³-hybridized carbons (Fsp3) is 0.333. The van der Waals surface area contributed by atoms with E-state index in [1.807, 2.05) is 30.2 Å². The number of carbonyl (C=O) groups excluding carboxylic acids is 1. The van der Waals surface area contributed by atoms with E-state index in [2.05, 4.69) is 30.1 Å². The molecule has 0 unspecified atom stereocenters. The zero-order chi connectivity index (χ0) is 16.2. The Balaban J connectivity index is 1.90. The highest BCUT2D eigenvalue weighted by Crippen LogP contribution is 2.43. The maximum Gasteiger partial charge on any atom is 0.237 e. The molecular formula is C18H19N3OS. The highest BCUT2D eigenvalue weighted by Gasteiger charge is 2.43. The first-order valence-corrected chi connectivity index (χ1v) is 8.80. The number of hydrogen-bond donors (Lipinski definition) is 1. The summed E-state index contributed by atoms with van der Waals surface area (Å²) < 4.78 is 0.